The Morgan fingerprint density at radius 3 is 2.43 bits per heavy atom. The van der Waals surface area contributed by atoms with Gasteiger partial charge in [-0.05, 0) is 23.6 Å². The molecule has 1 aromatic rings. The summed E-state index contributed by atoms with van der Waals surface area (Å²) in [6.07, 6.45) is 1.43. The molecule has 7 heteroatoms. The lowest BCUT2D eigenvalue weighted by Gasteiger charge is -2.45. The molecule has 2 N–H and O–H groups in total. The molecule has 0 spiro atoms. The fourth-order valence-corrected chi connectivity index (χ4v) is 3.56. The van der Waals surface area contributed by atoms with Crippen LogP contribution in [0.3, 0.4) is 0 Å². The molecule has 1 saturated heterocycles. The smallest absolute Gasteiger partial charge is 0.379 e. The molecule has 3 rings (SSSR count). The van der Waals surface area contributed by atoms with Gasteiger partial charge in [-0.25, -0.2) is 0 Å². The normalized spacial score (nSPS) is 24.1. The number of hydrogen-bond acceptors (Lipinski definition) is 3. The van der Waals surface area contributed by atoms with Crippen LogP contribution in [-0.4, -0.2) is 48.8 Å². The van der Waals surface area contributed by atoms with Crippen LogP contribution in [0.5, 0.6) is 0 Å². The van der Waals surface area contributed by atoms with Gasteiger partial charge in [0.25, 0.3) is 0 Å². The van der Waals surface area contributed by atoms with Gasteiger partial charge in [0.2, 0.25) is 5.91 Å². The molecule has 0 aromatic heterocycles. The summed E-state index contributed by atoms with van der Waals surface area (Å²) in [5, 5.41) is 0. The second kappa shape index (κ2) is 8.32. The number of carbonyl (C=O) groups excluding carboxylic acids is 1. The molecule has 1 heterocycles. The van der Waals surface area contributed by atoms with E-state index in [0.717, 1.165) is 5.56 Å². The lowest BCUT2D eigenvalue weighted by molar-refractivity contribution is -0.222. The lowest BCUT2D eigenvalue weighted by atomic mass is 9.85. The summed E-state index contributed by atoms with van der Waals surface area (Å²) in [7, 11) is 0. The molecular formula is C21H23F3N2O2. The van der Waals surface area contributed by atoms with Crippen molar-refractivity contribution >= 4 is 5.91 Å². The Morgan fingerprint density at radius 2 is 1.89 bits per heavy atom. The van der Waals surface area contributed by atoms with Gasteiger partial charge in [-0.1, -0.05) is 48.6 Å². The minimum atomic E-state index is -4.41. The molecular weight excluding hydrogens is 369 g/mol. The number of halogens is 3. The summed E-state index contributed by atoms with van der Waals surface area (Å²) in [6.45, 7) is 1.02. The monoisotopic (exact) mass is 392 g/mol. The summed E-state index contributed by atoms with van der Waals surface area (Å²) in [5.41, 5.74) is 5.26. The van der Waals surface area contributed by atoms with Crippen LogP contribution >= 0.6 is 0 Å². The van der Waals surface area contributed by atoms with Crippen LogP contribution < -0.4 is 5.73 Å². The number of nitrogens with two attached hydrogens (primary N) is 1. The van der Waals surface area contributed by atoms with Crippen molar-refractivity contribution in [3.8, 4) is 0 Å². The third kappa shape index (κ3) is 4.36. The minimum absolute atomic E-state index is 0.212. The van der Waals surface area contributed by atoms with Crippen molar-refractivity contribution < 1.29 is 22.7 Å². The van der Waals surface area contributed by atoms with Crippen LogP contribution in [0.15, 0.2) is 65.8 Å². The minimum Gasteiger partial charge on any atom is -0.379 e. The van der Waals surface area contributed by atoms with Gasteiger partial charge < -0.3 is 10.5 Å². The molecule has 1 atom stereocenters. The predicted octanol–water partition coefficient (Wildman–Crippen LogP) is 3.16. The topological polar surface area (TPSA) is 55.6 Å². The van der Waals surface area contributed by atoms with E-state index in [1.807, 2.05) is 30.3 Å². The van der Waals surface area contributed by atoms with Gasteiger partial charge in [-0.2, -0.15) is 13.2 Å². The number of morpholine rings is 1. The van der Waals surface area contributed by atoms with Crippen LogP contribution in [0.25, 0.3) is 0 Å². The van der Waals surface area contributed by atoms with Crippen LogP contribution in [0.1, 0.15) is 12.0 Å². The number of amides is 1. The van der Waals surface area contributed by atoms with Crippen LogP contribution in [0.2, 0.25) is 0 Å². The second-order valence-electron chi connectivity index (χ2n) is 6.96. The van der Waals surface area contributed by atoms with Crippen molar-refractivity contribution in [3.05, 3.63) is 71.3 Å². The first-order valence-electron chi connectivity index (χ1n) is 9.15. The average molecular weight is 392 g/mol. The van der Waals surface area contributed by atoms with E-state index in [2.05, 4.69) is 0 Å². The summed E-state index contributed by atoms with van der Waals surface area (Å²) in [4.78, 5) is 13.2. The van der Waals surface area contributed by atoms with Gasteiger partial charge in [0.15, 0.2) is 0 Å². The maximum atomic E-state index is 13.9. The Hall–Kier alpha value is -2.38. The van der Waals surface area contributed by atoms with Gasteiger partial charge >= 0.3 is 6.18 Å². The Balaban J connectivity index is 1.83. The third-order valence-corrected chi connectivity index (χ3v) is 5.16. The van der Waals surface area contributed by atoms with E-state index in [9.17, 15) is 18.0 Å². The lowest BCUT2D eigenvalue weighted by Crippen LogP contribution is -2.60. The second-order valence-corrected chi connectivity index (χ2v) is 6.96. The molecule has 0 saturated carbocycles. The molecule has 1 unspecified atom stereocenters. The van der Waals surface area contributed by atoms with Crippen molar-refractivity contribution in [2.24, 2.45) is 5.73 Å². The first kappa shape index (κ1) is 20.4. The van der Waals surface area contributed by atoms with Gasteiger partial charge in [0, 0.05) is 25.1 Å². The van der Waals surface area contributed by atoms with Gasteiger partial charge in [-0.3, -0.25) is 9.69 Å². The maximum Gasteiger partial charge on any atom is 0.410 e. The third-order valence-electron chi connectivity index (χ3n) is 5.16. The van der Waals surface area contributed by atoms with E-state index >= 15 is 0 Å². The van der Waals surface area contributed by atoms with E-state index < -0.39 is 17.6 Å². The Kier molecular flexibility index (Phi) is 6.05. The first-order chi connectivity index (χ1) is 13.3. The summed E-state index contributed by atoms with van der Waals surface area (Å²) >= 11 is 0. The number of allylic oxidation sites excluding steroid dienone is 3. The number of ether oxygens (including phenoxy) is 1. The SMILES string of the molecule is NC(=O)C(=CC1=CCC(N2CCOCC2)(C(F)(F)F)C=C1)Cc1ccccc1. The number of hydrogen-bond donors (Lipinski definition) is 1. The molecule has 2 aliphatic rings. The van der Waals surface area contributed by atoms with Gasteiger partial charge in [0.05, 0.1) is 13.2 Å². The zero-order valence-electron chi connectivity index (χ0n) is 15.4. The van der Waals surface area contributed by atoms with Crippen molar-refractivity contribution in [3.63, 3.8) is 0 Å². The summed E-state index contributed by atoms with van der Waals surface area (Å²) in [6, 6.07) is 9.32. The maximum absolute atomic E-state index is 13.9. The Labute approximate surface area is 162 Å². The average Bonchev–Trinajstić information content (AvgIpc) is 2.68. The molecule has 28 heavy (non-hydrogen) atoms. The van der Waals surface area contributed by atoms with Crippen LogP contribution in [-0.2, 0) is 16.0 Å². The highest BCUT2D eigenvalue weighted by atomic mass is 19.4. The van der Waals surface area contributed by atoms with E-state index in [-0.39, 0.29) is 32.7 Å². The highest BCUT2D eigenvalue weighted by molar-refractivity contribution is 5.93. The zero-order chi connectivity index (χ0) is 20.2. The van der Waals surface area contributed by atoms with E-state index in [4.69, 9.17) is 10.5 Å². The fraction of sp³-hybridized carbons (Fsp3) is 0.381. The fourth-order valence-electron chi connectivity index (χ4n) is 3.56. The first-order valence-corrected chi connectivity index (χ1v) is 9.15. The molecule has 1 aromatic carbocycles. The zero-order valence-corrected chi connectivity index (χ0v) is 15.4. The largest absolute Gasteiger partial charge is 0.410 e. The van der Waals surface area contributed by atoms with Gasteiger partial charge in [-0.15, -0.1) is 0 Å². The Morgan fingerprint density at radius 1 is 1.21 bits per heavy atom. The predicted molar refractivity (Wildman–Crippen MR) is 100 cm³/mol. The highest BCUT2D eigenvalue weighted by Crippen LogP contribution is 2.42. The van der Waals surface area contributed by atoms with E-state index in [1.165, 1.54) is 23.1 Å². The molecule has 4 nitrogen and oxygen atoms in total. The summed E-state index contributed by atoms with van der Waals surface area (Å²) in [5.74, 6) is -0.584. The molecule has 0 bridgehead atoms. The highest BCUT2D eigenvalue weighted by Gasteiger charge is 2.56. The number of nitrogens with zero attached hydrogens (tertiary/aromatic N) is 1. The Bertz CT molecular complexity index is 794. The molecule has 1 amide bonds. The van der Waals surface area contributed by atoms with Crippen molar-refractivity contribution in [2.45, 2.75) is 24.6 Å². The number of alkyl halides is 3. The molecule has 0 radical (unpaired) electrons. The van der Waals surface area contributed by atoms with Crippen molar-refractivity contribution in [1.29, 1.82) is 0 Å². The van der Waals surface area contributed by atoms with Gasteiger partial charge in [0.1, 0.15) is 5.54 Å². The molecule has 150 valence electrons. The van der Waals surface area contributed by atoms with E-state index in [0.29, 0.717) is 17.6 Å². The molecule has 1 aliphatic heterocycles. The van der Waals surface area contributed by atoms with Crippen LogP contribution in [0.4, 0.5) is 13.2 Å². The van der Waals surface area contributed by atoms with Crippen molar-refractivity contribution in [1.82, 2.24) is 4.90 Å². The quantitative estimate of drug-likeness (QED) is 0.784. The molecule has 1 aliphatic carbocycles. The van der Waals surface area contributed by atoms with Crippen molar-refractivity contribution in [2.75, 3.05) is 26.3 Å². The number of carbonyl (C=O) groups is 1. The number of benzene rings is 1. The number of rotatable bonds is 5. The molecule has 1 fully saturated rings. The summed E-state index contributed by atoms with van der Waals surface area (Å²) < 4.78 is 47.0. The van der Waals surface area contributed by atoms with E-state index in [1.54, 1.807) is 6.08 Å². The standard InChI is InChI=1S/C21H23F3N2O2/c22-21(23,24)20(26-10-12-28-13-11-26)8-6-17(7-9-20)15-18(19(25)27)14-16-4-2-1-3-5-16/h1-8,15H,9-14H2,(H2,25,27). The van der Waals surface area contributed by atoms with Crippen LogP contribution in [0, 0.1) is 0 Å². The number of primary amides is 1.